The van der Waals surface area contributed by atoms with Crippen molar-refractivity contribution in [3.63, 3.8) is 0 Å². The summed E-state index contributed by atoms with van der Waals surface area (Å²) in [5, 5.41) is 11.2. The molecule has 1 aliphatic rings. The topological polar surface area (TPSA) is 89.0 Å². The summed E-state index contributed by atoms with van der Waals surface area (Å²) in [6.07, 6.45) is 4.92. The van der Waals surface area contributed by atoms with E-state index in [0.29, 0.717) is 35.8 Å². The van der Waals surface area contributed by atoms with E-state index in [9.17, 15) is 14.7 Å². The van der Waals surface area contributed by atoms with Crippen molar-refractivity contribution in [3.8, 4) is 11.5 Å². The highest BCUT2D eigenvalue weighted by Gasteiger charge is 2.46. The summed E-state index contributed by atoms with van der Waals surface area (Å²) in [7, 11) is 0. The van der Waals surface area contributed by atoms with Crippen LogP contribution in [0.15, 0.2) is 91.3 Å². The fourth-order valence-electron chi connectivity index (χ4n) is 4.04. The third-order valence-corrected chi connectivity index (χ3v) is 5.60. The van der Waals surface area contributed by atoms with Gasteiger partial charge in [0, 0.05) is 24.5 Å². The SMILES string of the molecule is C=CCOc1cccc(C2/C(=C(/O)c3ccc(OCC)cc3)C(=O)C(=O)N2Cc2cccnc2)c1. The molecule has 0 radical (unpaired) electrons. The smallest absolute Gasteiger partial charge is 0.295 e. The summed E-state index contributed by atoms with van der Waals surface area (Å²) >= 11 is 0. The second-order valence-corrected chi connectivity index (χ2v) is 7.92. The highest BCUT2D eigenvalue weighted by molar-refractivity contribution is 6.46. The van der Waals surface area contributed by atoms with Crippen LogP contribution in [-0.2, 0) is 16.1 Å². The predicted molar refractivity (Wildman–Crippen MR) is 132 cm³/mol. The Hall–Kier alpha value is -4.39. The van der Waals surface area contributed by atoms with Gasteiger partial charge in [-0.05, 0) is 60.5 Å². The molecule has 0 saturated carbocycles. The minimum atomic E-state index is -0.811. The molecule has 0 bridgehead atoms. The highest BCUT2D eigenvalue weighted by atomic mass is 16.5. The molecule has 7 heteroatoms. The van der Waals surface area contributed by atoms with Gasteiger partial charge in [-0.1, -0.05) is 30.9 Å². The van der Waals surface area contributed by atoms with E-state index in [1.807, 2.05) is 13.0 Å². The maximum absolute atomic E-state index is 13.2. The van der Waals surface area contributed by atoms with Gasteiger partial charge in [0.25, 0.3) is 11.7 Å². The van der Waals surface area contributed by atoms with Crippen molar-refractivity contribution in [2.75, 3.05) is 13.2 Å². The van der Waals surface area contributed by atoms with Crippen LogP contribution < -0.4 is 9.47 Å². The standard InChI is InChI=1S/C28H26N2O5/c1-3-15-35-23-9-5-8-21(16-23)25-24(26(31)20-10-12-22(13-11-20)34-4-2)27(32)28(33)30(25)18-19-7-6-14-29-17-19/h3,5-14,16-17,25,31H,1,4,15,18H2,2H3/b26-24-. The van der Waals surface area contributed by atoms with E-state index in [1.165, 1.54) is 4.90 Å². The summed E-state index contributed by atoms with van der Waals surface area (Å²) in [5.74, 6) is -0.478. The van der Waals surface area contributed by atoms with Crippen molar-refractivity contribution in [2.45, 2.75) is 19.5 Å². The quantitative estimate of drug-likeness (QED) is 0.212. The molecule has 1 atom stereocenters. The van der Waals surface area contributed by atoms with Crippen LogP contribution in [0.2, 0.25) is 0 Å². The van der Waals surface area contributed by atoms with Crippen molar-refractivity contribution in [3.05, 3.63) is 108 Å². The molecule has 2 aromatic carbocycles. The largest absolute Gasteiger partial charge is 0.507 e. The Balaban J connectivity index is 1.81. The van der Waals surface area contributed by atoms with Gasteiger partial charge in [-0.15, -0.1) is 0 Å². The van der Waals surface area contributed by atoms with Crippen molar-refractivity contribution >= 4 is 17.4 Å². The van der Waals surface area contributed by atoms with E-state index in [4.69, 9.17) is 9.47 Å². The molecule has 7 nitrogen and oxygen atoms in total. The molecule has 0 spiro atoms. The molecule has 0 aliphatic carbocycles. The van der Waals surface area contributed by atoms with Gasteiger partial charge in [0.1, 0.15) is 23.9 Å². The molecule has 1 fully saturated rings. The number of nitrogens with zero attached hydrogens (tertiary/aromatic N) is 2. The van der Waals surface area contributed by atoms with E-state index >= 15 is 0 Å². The number of carbonyl (C=O) groups is 2. The number of aliphatic hydroxyl groups is 1. The Bertz CT molecular complexity index is 1250. The van der Waals surface area contributed by atoms with E-state index in [-0.39, 0.29) is 17.9 Å². The lowest BCUT2D eigenvalue weighted by Crippen LogP contribution is -2.29. The summed E-state index contributed by atoms with van der Waals surface area (Å²) in [5.41, 5.74) is 1.84. The van der Waals surface area contributed by atoms with E-state index in [2.05, 4.69) is 11.6 Å². The number of Topliss-reactive ketones (excluding diaryl/α,β-unsaturated/α-hetero) is 1. The van der Waals surface area contributed by atoms with Crippen molar-refractivity contribution in [1.82, 2.24) is 9.88 Å². The predicted octanol–water partition coefficient (Wildman–Crippen LogP) is 4.67. The third-order valence-electron chi connectivity index (χ3n) is 5.60. The van der Waals surface area contributed by atoms with Gasteiger partial charge in [0.15, 0.2) is 0 Å². The number of amides is 1. The first-order chi connectivity index (χ1) is 17.0. The molecule has 2 heterocycles. The van der Waals surface area contributed by atoms with Gasteiger partial charge in [-0.2, -0.15) is 0 Å². The summed E-state index contributed by atoms with van der Waals surface area (Å²) < 4.78 is 11.1. The molecule has 1 amide bonds. The van der Waals surface area contributed by atoms with Gasteiger partial charge >= 0.3 is 0 Å². The lowest BCUT2D eigenvalue weighted by Gasteiger charge is -2.25. The Morgan fingerprint density at radius 1 is 1.09 bits per heavy atom. The molecule has 4 rings (SSSR count). The second-order valence-electron chi connectivity index (χ2n) is 7.92. The van der Waals surface area contributed by atoms with E-state index in [1.54, 1.807) is 73.1 Å². The van der Waals surface area contributed by atoms with E-state index in [0.717, 1.165) is 5.56 Å². The number of aliphatic hydroxyl groups excluding tert-OH is 1. The molecule has 1 unspecified atom stereocenters. The third kappa shape index (κ3) is 5.09. The van der Waals surface area contributed by atoms with Gasteiger partial charge in [-0.25, -0.2) is 0 Å². The average molecular weight is 471 g/mol. The molecule has 1 aliphatic heterocycles. The van der Waals surface area contributed by atoms with Crippen LogP contribution in [0.4, 0.5) is 0 Å². The summed E-state index contributed by atoms with van der Waals surface area (Å²) in [6, 6.07) is 16.7. The van der Waals surface area contributed by atoms with Crippen LogP contribution in [0.25, 0.3) is 5.76 Å². The van der Waals surface area contributed by atoms with Crippen LogP contribution >= 0.6 is 0 Å². The molecule has 1 saturated heterocycles. The van der Waals surface area contributed by atoms with Crippen LogP contribution in [-0.4, -0.2) is 39.9 Å². The highest BCUT2D eigenvalue weighted by Crippen LogP contribution is 2.41. The number of hydrogen-bond acceptors (Lipinski definition) is 6. The lowest BCUT2D eigenvalue weighted by atomic mass is 9.95. The number of ether oxygens (including phenoxy) is 2. The van der Waals surface area contributed by atoms with Crippen LogP contribution in [0, 0.1) is 0 Å². The molecule has 1 aromatic heterocycles. The minimum Gasteiger partial charge on any atom is -0.507 e. The number of hydrogen-bond donors (Lipinski definition) is 1. The van der Waals surface area contributed by atoms with Gasteiger partial charge < -0.3 is 19.5 Å². The number of likely N-dealkylation sites (tertiary alicyclic amines) is 1. The molecule has 35 heavy (non-hydrogen) atoms. The fourth-order valence-corrected chi connectivity index (χ4v) is 4.04. The number of ketones is 1. The zero-order chi connectivity index (χ0) is 24.8. The van der Waals surface area contributed by atoms with Crippen molar-refractivity contribution in [1.29, 1.82) is 0 Å². The molecular formula is C28H26N2O5. The Labute approximate surface area is 203 Å². The lowest BCUT2D eigenvalue weighted by molar-refractivity contribution is -0.140. The Kier molecular flexibility index (Phi) is 7.26. The number of carbonyl (C=O) groups excluding carboxylic acids is 2. The molecule has 178 valence electrons. The number of benzene rings is 2. The average Bonchev–Trinajstić information content (AvgIpc) is 3.13. The van der Waals surface area contributed by atoms with Crippen LogP contribution in [0.1, 0.15) is 29.7 Å². The van der Waals surface area contributed by atoms with Gasteiger partial charge in [0.2, 0.25) is 0 Å². The second kappa shape index (κ2) is 10.7. The van der Waals surface area contributed by atoms with Crippen molar-refractivity contribution in [2.24, 2.45) is 0 Å². The Morgan fingerprint density at radius 3 is 2.57 bits per heavy atom. The van der Waals surface area contributed by atoms with Crippen LogP contribution in [0.5, 0.6) is 11.5 Å². The summed E-state index contributed by atoms with van der Waals surface area (Å²) in [4.78, 5) is 32.0. The molecular weight excluding hydrogens is 444 g/mol. The normalized spacial score (nSPS) is 16.8. The minimum absolute atomic E-state index is 0.0175. The van der Waals surface area contributed by atoms with Crippen molar-refractivity contribution < 1.29 is 24.2 Å². The first kappa shape index (κ1) is 23.8. The first-order valence-electron chi connectivity index (χ1n) is 11.3. The zero-order valence-corrected chi connectivity index (χ0v) is 19.4. The van der Waals surface area contributed by atoms with E-state index < -0.39 is 17.7 Å². The maximum Gasteiger partial charge on any atom is 0.295 e. The van der Waals surface area contributed by atoms with Gasteiger partial charge in [0.05, 0.1) is 18.2 Å². The maximum atomic E-state index is 13.2. The Morgan fingerprint density at radius 2 is 1.89 bits per heavy atom. The number of pyridine rings is 1. The zero-order valence-electron chi connectivity index (χ0n) is 19.4. The van der Waals surface area contributed by atoms with Crippen LogP contribution in [0.3, 0.4) is 0 Å². The fraction of sp³-hybridized carbons (Fsp3) is 0.179. The first-order valence-corrected chi connectivity index (χ1v) is 11.3. The van der Waals surface area contributed by atoms with Gasteiger partial charge in [-0.3, -0.25) is 14.6 Å². The summed E-state index contributed by atoms with van der Waals surface area (Å²) in [6.45, 7) is 6.52. The molecule has 3 aromatic rings. The number of rotatable bonds is 9. The monoisotopic (exact) mass is 470 g/mol. The molecule has 1 N–H and O–H groups in total. The number of aromatic nitrogens is 1.